The molecule has 0 N–H and O–H groups in total. The monoisotopic (exact) mass is 329 g/mol. The van der Waals surface area contributed by atoms with Crippen molar-refractivity contribution in [2.45, 2.75) is 20.2 Å². The first kappa shape index (κ1) is 11.6. The van der Waals surface area contributed by atoms with Gasteiger partial charge >= 0.3 is 0 Å². The summed E-state index contributed by atoms with van der Waals surface area (Å²) >= 11 is 0. The van der Waals surface area contributed by atoms with E-state index in [-0.39, 0.29) is 0 Å². The number of benzene rings is 2. The minimum absolute atomic E-state index is 0.349. The van der Waals surface area contributed by atoms with E-state index in [1.807, 2.05) is 30.1 Å². The lowest BCUT2D eigenvalue weighted by atomic mass is 9.90. The highest BCUT2D eigenvalue weighted by Crippen LogP contribution is 2.42. The first-order valence-corrected chi connectivity index (χ1v) is 8.43. The van der Waals surface area contributed by atoms with Crippen molar-refractivity contribution in [1.82, 2.24) is 9.55 Å². The molecule has 0 amide bonds. The van der Waals surface area contributed by atoms with E-state index in [9.17, 15) is 0 Å². The molecule has 0 aliphatic carbocycles. The molecule has 1 aliphatic rings. The van der Waals surface area contributed by atoms with Crippen molar-refractivity contribution in [3.8, 4) is 16.9 Å². The van der Waals surface area contributed by atoms with E-state index in [2.05, 4.69) is 40.7 Å². The number of aromatic nitrogens is 3. The van der Waals surface area contributed by atoms with Crippen molar-refractivity contribution < 1.29 is 8.68 Å². The maximum Gasteiger partial charge on any atom is 0.212 e. The molecule has 3 heterocycles. The van der Waals surface area contributed by atoms with Gasteiger partial charge in [0.15, 0.2) is 6.20 Å². The minimum atomic E-state index is -2.11. The number of fused-ring (bicyclic) bond motifs is 5. The van der Waals surface area contributed by atoms with Gasteiger partial charge in [-0.2, -0.15) is 0 Å². The second-order valence-electron chi connectivity index (χ2n) is 6.68. The van der Waals surface area contributed by atoms with E-state index in [4.69, 9.17) is 4.11 Å². The van der Waals surface area contributed by atoms with Crippen LogP contribution in [0.25, 0.3) is 27.7 Å². The lowest BCUT2D eigenvalue weighted by molar-refractivity contribution is -0.660. The zero-order valence-corrected chi connectivity index (χ0v) is 14.2. The second-order valence-corrected chi connectivity index (χ2v) is 6.68. The molecule has 1 aliphatic heterocycles. The zero-order chi connectivity index (χ0) is 19.6. The van der Waals surface area contributed by atoms with Crippen LogP contribution in [0.15, 0.2) is 55.0 Å². The van der Waals surface area contributed by atoms with Crippen LogP contribution in [-0.2, 0) is 13.5 Å². The fourth-order valence-electron chi connectivity index (χ4n) is 4.15. The summed E-state index contributed by atoms with van der Waals surface area (Å²) in [5, 5.41) is 2.43. The van der Waals surface area contributed by atoms with Gasteiger partial charge in [0.25, 0.3) is 0 Å². The molecule has 0 bridgehead atoms. The highest BCUT2D eigenvalue weighted by molar-refractivity contribution is 6.00. The minimum Gasteiger partial charge on any atom is -0.303 e. The van der Waals surface area contributed by atoms with Crippen molar-refractivity contribution in [3.05, 3.63) is 77.5 Å². The molecule has 0 atom stereocenters. The van der Waals surface area contributed by atoms with Gasteiger partial charge in [-0.1, -0.05) is 24.3 Å². The third-order valence-corrected chi connectivity index (χ3v) is 5.23. The van der Waals surface area contributed by atoms with Gasteiger partial charge < -0.3 is 4.57 Å². The van der Waals surface area contributed by atoms with Crippen LogP contribution in [0.1, 0.15) is 26.6 Å². The first-order chi connectivity index (χ1) is 13.4. The van der Waals surface area contributed by atoms with E-state index < -0.39 is 6.85 Å². The van der Waals surface area contributed by atoms with E-state index in [0.29, 0.717) is 5.56 Å². The summed E-state index contributed by atoms with van der Waals surface area (Å²) in [7, 11) is 1.92. The molecule has 4 aromatic rings. The molecule has 122 valence electrons. The maximum absolute atomic E-state index is 7.69. The largest absolute Gasteiger partial charge is 0.303 e. The van der Waals surface area contributed by atoms with Gasteiger partial charge in [0.2, 0.25) is 5.69 Å². The van der Waals surface area contributed by atoms with E-state index >= 15 is 0 Å². The summed E-state index contributed by atoms with van der Waals surface area (Å²) in [6, 6.07) is 12.1. The van der Waals surface area contributed by atoms with Crippen LogP contribution in [0.4, 0.5) is 0 Å². The predicted octanol–water partition coefficient (Wildman–Crippen LogP) is 4.04. The maximum atomic E-state index is 7.69. The Morgan fingerprint density at radius 2 is 2.00 bits per heavy atom. The number of aryl methyl sites for hydroxylation is 3. The third kappa shape index (κ3) is 1.92. The van der Waals surface area contributed by atoms with Crippen LogP contribution < -0.4 is 4.57 Å². The molecule has 0 spiro atoms. The first-order valence-electron chi connectivity index (χ1n) is 9.93. The Morgan fingerprint density at radius 1 is 1.16 bits per heavy atom. The van der Waals surface area contributed by atoms with Crippen LogP contribution in [0.3, 0.4) is 0 Å². The van der Waals surface area contributed by atoms with Gasteiger partial charge in [0.1, 0.15) is 12.9 Å². The summed E-state index contributed by atoms with van der Waals surface area (Å²) < 4.78 is 27.2. The Bertz CT molecular complexity index is 1250. The van der Waals surface area contributed by atoms with E-state index in [1.54, 1.807) is 12.3 Å². The van der Waals surface area contributed by atoms with Gasteiger partial charge in [-0.05, 0) is 36.4 Å². The molecule has 25 heavy (non-hydrogen) atoms. The van der Waals surface area contributed by atoms with Crippen molar-refractivity contribution in [1.29, 1.82) is 0 Å². The summed E-state index contributed by atoms with van der Waals surface area (Å²) in [6.07, 6.45) is 6.35. The molecule has 3 nitrogen and oxygen atoms in total. The van der Waals surface area contributed by atoms with Crippen LogP contribution in [0.2, 0.25) is 0 Å². The molecule has 0 radical (unpaired) electrons. The van der Waals surface area contributed by atoms with Crippen LogP contribution in [-0.4, -0.2) is 9.55 Å². The number of hydrogen-bond donors (Lipinski definition) is 0. The number of pyridine rings is 1. The van der Waals surface area contributed by atoms with Gasteiger partial charge in [0, 0.05) is 39.9 Å². The zero-order valence-electron chi connectivity index (χ0n) is 17.2. The average Bonchev–Trinajstić information content (AvgIpc) is 3.23. The molecule has 0 fully saturated rings. The van der Waals surface area contributed by atoms with E-state index in [1.165, 1.54) is 33.2 Å². The second kappa shape index (κ2) is 5.03. The Labute approximate surface area is 151 Å². The van der Waals surface area contributed by atoms with Crippen molar-refractivity contribution >= 4 is 10.8 Å². The standard InChI is InChI=1S/C22H20N3/c1-14-8-9-19(24(3)13-14)21-15(2)16-6-4-5-7-17(16)22-18(21)12-20-23-10-11-25(20)22/h4-11,13H,12H2,1-3H3/q+1/i1D3. The van der Waals surface area contributed by atoms with E-state index in [0.717, 1.165) is 17.9 Å². The van der Waals surface area contributed by atoms with Crippen molar-refractivity contribution in [2.75, 3.05) is 0 Å². The lowest BCUT2D eigenvalue weighted by Crippen LogP contribution is -2.31. The Hall–Kier alpha value is -2.94. The molecule has 0 saturated carbocycles. The topological polar surface area (TPSA) is 21.7 Å². The Morgan fingerprint density at radius 3 is 2.80 bits per heavy atom. The summed E-state index contributed by atoms with van der Waals surface area (Å²) in [6.45, 7) is 0.0373. The molecule has 0 saturated heterocycles. The molecule has 3 heteroatoms. The number of imidazole rings is 1. The lowest BCUT2D eigenvalue weighted by Gasteiger charge is -2.16. The van der Waals surface area contributed by atoms with Crippen LogP contribution in [0, 0.1) is 13.8 Å². The normalized spacial score (nSPS) is 14.7. The predicted molar refractivity (Wildman–Crippen MR) is 100.0 cm³/mol. The third-order valence-electron chi connectivity index (χ3n) is 5.23. The smallest absolute Gasteiger partial charge is 0.212 e. The molecule has 2 aromatic heterocycles. The highest BCUT2D eigenvalue weighted by atomic mass is 15.1. The summed E-state index contributed by atoms with van der Waals surface area (Å²) in [4.78, 5) is 4.53. The van der Waals surface area contributed by atoms with Crippen molar-refractivity contribution in [3.63, 3.8) is 0 Å². The molecular formula is C22H20N3+. The van der Waals surface area contributed by atoms with Crippen LogP contribution in [0.5, 0.6) is 0 Å². The molecule has 2 aromatic carbocycles. The van der Waals surface area contributed by atoms with Crippen molar-refractivity contribution in [2.24, 2.45) is 7.05 Å². The number of rotatable bonds is 1. The van der Waals surface area contributed by atoms with Gasteiger partial charge in [-0.15, -0.1) is 0 Å². The SMILES string of the molecule is [2H]C([2H])([2H])c1ccc(-c2c3c(c4ccccc4c2C)-n2ccnc2C3)[n+](C)c1. The fraction of sp³-hybridized carbons (Fsp3) is 0.182. The van der Waals surface area contributed by atoms with Gasteiger partial charge in [-0.3, -0.25) is 0 Å². The quantitative estimate of drug-likeness (QED) is 0.425. The molecule has 5 rings (SSSR count). The molecule has 0 unspecified atom stereocenters. The van der Waals surface area contributed by atoms with Gasteiger partial charge in [-0.25, -0.2) is 9.55 Å². The highest BCUT2D eigenvalue weighted by Gasteiger charge is 2.29. The van der Waals surface area contributed by atoms with Crippen LogP contribution >= 0.6 is 0 Å². The average molecular weight is 329 g/mol. The van der Waals surface area contributed by atoms with Gasteiger partial charge in [0.05, 0.1) is 11.3 Å². The number of hydrogen-bond acceptors (Lipinski definition) is 1. The Balaban J connectivity index is 1.85. The number of nitrogens with zero attached hydrogens (tertiary/aromatic N) is 3. The molecular weight excluding hydrogens is 306 g/mol. The Kier molecular flexibility index (Phi) is 2.33. The summed E-state index contributed by atoms with van der Waals surface area (Å²) in [5.74, 6) is 1.04. The fourth-order valence-corrected chi connectivity index (χ4v) is 4.15. The summed E-state index contributed by atoms with van der Waals surface area (Å²) in [5.41, 5.74) is 6.16.